The predicted molar refractivity (Wildman–Crippen MR) is 63.1 cm³/mol. The number of nitrogens with one attached hydrogen (secondary N) is 1. The third-order valence-electron chi connectivity index (χ3n) is 4.16. The van der Waals surface area contributed by atoms with Crippen molar-refractivity contribution in [1.82, 2.24) is 5.32 Å². The molecule has 2 fully saturated rings. The van der Waals surface area contributed by atoms with Crippen molar-refractivity contribution >= 4 is 5.91 Å². The Morgan fingerprint density at radius 2 is 1.94 bits per heavy atom. The second kappa shape index (κ2) is 4.13. The summed E-state index contributed by atoms with van der Waals surface area (Å²) in [7, 11) is 0. The summed E-state index contributed by atoms with van der Waals surface area (Å²) in [5, 5.41) is 3.08. The van der Waals surface area contributed by atoms with Crippen LogP contribution in [0.1, 0.15) is 36.0 Å². The summed E-state index contributed by atoms with van der Waals surface area (Å²) in [6.07, 6.45) is 4.97. The van der Waals surface area contributed by atoms with E-state index in [-0.39, 0.29) is 11.7 Å². The maximum Gasteiger partial charge on any atom is 0.251 e. The van der Waals surface area contributed by atoms with Crippen LogP contribution in [0.15, 0.2) is 24.3 Å². The molecule has 3 rings (SSSR count). The smallest absolute Gasteiger partial charge is 0.251 e. The molecule has 0 spiro atoms. The van der Waals surface area contributed by atoms with E-state index in [0.29, 0.717) is 17.5 Å². The van der Waals surface area contributed by atoms with Gasteiger partial charge >= 0.3 is 0 Å². The zero-order valence-electron chi connectivity index (χ0n) is 9.66. The first kappa shape index (κ1) is 10.8. The first-order valence-corrected chi connectivity index (χ1v) is 6.29. The highest BCUT2D eigenvalue weighted by atomic mass is 19.1. The Morgan fingerprint density at radius 3 is 2.53 bits per heavy atom. The summed E-state index contributed by atoms with van der Waals surface area (Å²) in [6.45, 7) is 0. The van der Waals surface area contributed by atoms with Crippen LogP contribution in [-0.2, 0) is 0 Å². The molecule has 0 radical (unpaired) electrons. The number of benzene rings is 1. The number of fused-ring (bicyclic) bond motifs is 2. The normalized spacial score (nSPS) is 30.5. The van der Waals surface area contributed by atoms with E-state index in [0.717, 1.165) is 12.3 Å². The SMILES string of the molecule is O=C(N[C@H]1C[C@@H]2CC[C@H]1C2)c1ccc(F)cc1. The quantitative estimate of drug-likeness (QED) is 0.836. The van der Waals surface area contributed by atoms with E-state index in [2.05, 4.69) is 5.32 Å². The van der Waals surface area contributed by atoms with Crippen LogP contribution in [-0.4, -0.2) is 11.9 Å². The molecule has 0 heterocycles. The Labute approximate surface area is 100 Å². The van der Waals surface area contributed by atoms with Gasteiger partial charge in [-0.2, -0.15) is 0 Å². The molecular weight excluding hydrogens is 217 g/mol. The number of rotatable bonds is 2. The third kappa shape index (κ3) is 2.06. The van der Waals surface area contributed by atoms with Crippen LogP contribution in [0.4, 0.5) is 4.39 Å². The largest absolute Gasteiger partial charge is 0.349 e. The molecular formula is C14H16FNO. The molecule has 17 heavy (non-hydrogen) atoms. The Kier molecular flexibility index (Phi) is 2.61. The van der Waals surface area contributed by atoms with E-state index >= 15 is 0 Å². The lowest BCUT2D eigenvalue weighted by Crippen LogP contribution is -2.38. The zero-order valence-corrected chi connectivity index (χ0v) is 9.66. The van der Waals surface area contributed by atoms with Gasteiger partial charge in [0.15, 0.2) is 0 Å². The maximum atomic E-state index is 12.7. The van der Waals surface area contributed by atoms with Crippen molar-refractivity contribution in [3.63, 3.8) is 0 Å². The van der Waals surface area contributed by atoms with Gasteiger partial charge in [-0.25, -0.2) is 4.39 Å². The van der Waals surface area contributed by atoms with Gasteiger partial charge < -0.3 is 5.32 Å². The molecule has 3 heteroatoms. The molecule has 2 bridgehead atoms. The number of carbonyl (C=O) groups is 1. The summed E-state index contributed by atoms with van der Waals surface area (Å²) >= 11 is 0. The Balaban J connectivity index is 1.65. The van der Waals surface area contributed by atoms with Gasteiger partial charge in [-0.15, -0.1) is 0 Å². The Bertz CT molecular complexity index is 428. The standard InChI is InChI=1S/C14H16FNO/c15-12-5-3-10(4-6-12)14(17)16-13-8-9-1-2-11(13)7-9/h3-6,9,11,13H,1-2,7-8H2,(H,16,17)/t9-,11+,13+/m1/s1. The molecule has 90 valence electrons. The molecule has 3 atom stereocenters. The van der Waals surface area contributed by atoms with Crippen molar-refractivity contribution < 1.29 is 9.18 Å². The summed E-state index contributed by atoms with van der Waals surface area (Å²) in [6, 6.07) is 6.08. The molecule has 0 saturated heterocycles. The molecule has 0 unspecified atom stereocenters. The van der Waals surface area contributed by atoms with Crippen LogP contribution in [0.25, 0.3) is 0 Å². The highest BCUT2D eigenvalue weighted by molar-refractivity contribution is 5.94. The van der Waals surface area contributed by atoms with Crippen LogP contribution in [0.3, 0.4) is 0 Å². The number of amides is 1. The lowest BCUT2D eigenvalue weighted by molar-refractivity contribution is 0.0923. The molecule has 1 aromatic carbocycles. The molecule has 0 aromatic heterocycles. The lowest BCUT2D eigenvalue weighted by atomic mass is 9.95. The van der Waals surface area contributed by atoms with Gasteiger partial charge in [0.05, 0.1) is 0 Å². The molecule has 1 amide bonds. The summed E-state index contributed by atoms with van der Waals surface area (Å²) < 4.78 is 12.7. The first-order valence-electron chi connectivity index (χ1n) is 6.29. The number of halogens is 1. The van der Waals surface area contributed by atoms with E-state index < -0.39 is 0 Å². The van der Waals surface area contributed by atoms with E-state index in [4.69, 9.17) is 0 Å². The van der Waals surface area contributed by atoms with Crippen molar-refractivity contribution in [2.75, 3.05) is 0 Å². The van der Waals surface area contributed by atoms with E-state index in [9.17, 15) is 9.18 Å². The minimum atomic E-state index is -0.304. The van der Waals surface area contributed by atoms with Gasteiger partial charge in [-0.1, -0.05) is 6.42 Å². The van der Waals surface area contributed by atoms with E-state index in [1.807, 2.05) is 0 Å². The van der Waals surface area contributed by atoms with Crippen LogP contribution in [0.2, 0.25) is 0 Å². The van der Waals surface area contributed by atoms with Gasteiger partial charge in [-0.05, 0) is 55.4 Å². The van der Waals surface area contributed by atoms with Gasteiger partial charge in [0.1, 0.15) is 5.82 Å². The summed E-state index contributed by atoms with van der Waals surface area (Å²) in [5.41, 5.74) is 0.550. The van der Waals surface area contributed by atoms with Gasteiger partial charge in [0.2, 0.25) is 0 Å². The molecule has 1 N–H and O–H groups in total. The molecule has 2 saturated carbocycles. The van der Waals surface area contributed by atoms with Crippen molar-refractivity contribution in [1.29, 1.82) is 0 Å². The minimum Gasteiger partial charge on any atom is -0.349 e. The van der Waals surface area contributed by atoms with Crippen LogP contribution in [0.5, 0.6) is 0 Å². The second-order valence-electron chi connectivity index (χ2n) is 5.26. The van der Waals surface area contributed by atoms with Crippen molar-refractivity contribution in [2.45, 2.75) is 31.7 Å². The maximum absolute atomic E-state index is 12.7. The second-order valence-corrected chi connectivity index (χ2v) is 5.26. The Morgan fingerprint density at radius 1 is 1.18 bits per heavy atom. The number of hydrogen-bond donors (Lipinski definition) is 1. The van der Waals surface area contributed by atoms with Crippen LogP contribution >= 0.6 is 0 Å². The molecule has 2 aliphatic rings. The first-order chi connectivity index (χ1) is 8.22. The van der Waals surface area contributed by atoms with Gasteiger partial charge in [-0.3, -0.25) is 4.79 Å². The summed E-state index contributed by atoms with van der Waals surface area (Å²) in [4.78, 5) is 12.0. The third-order valence-corrected chi connectivity index (χ3v) is 4.16. The number of carbonyl (C=O) groups excluding carboxylic acids is 1. The fraction of sp³-hybridized carbons (Fsp3) is 0.500. The van der Waals surface area contributed by atoms with Gasteiger partial charge in [0.25, 0.3) is 5.91 Å². The molecule has 2 nitrogen and oxygen atoms in total. The monoisotopic (exact) mass is 233 g/mol. The van der Waals surface area contributed by atoms with E-state index in [1.165, 1.54) is 43.5 Å². The van der Waals surface area contributed by atoms with Crippen molar-refractivity contribution in [2.24, 2.45) is 11.8 Å². The lowest BCUT2D eigenvalue weighted by Gasteiger charge is -2.22. The van der Waals surface area contributed by atoms with Crippen LogP contribution in [0, 0.1) is 17.7 Å². The predicted octanol–water partition coefficient (Wildman–Crippen LogP) is 2.74. The highest BCUT2D eigenvalue weighted by Gasteiger charge is 2.40. The molecule has 2 aliphatic carbocycles. The number of hydrogen-bond acceptors (Lipinski definition) is 1. The fourth-order valence-corrected chi connectivity index (χ4v) is 3.27. The van der Waals surface area contributed by atoms with Crippen LogP contribution < -0.4 is 5.32 Å². The summed E-state index contributed by atoms with van der Waals surface area (Å²) in [5.74, 6) is 1.12. The van der Waals surface area contributed by atoms with Gasteiger partial charge in [0, 0.05) is 11.6 Å². The van der Waals surface area contributed by atoms with E-state index in [1.54, 1.807) is 0 Å². The molecule has 1 aromatic rings. The highest BCUT2D eigenvalue weighted by Crippen LogP contribution is 2.44. The fourth-order valence-electron chi connectivity index (χ4n) is 3.27. The zero-order chi connectivity index (χ0) is 11.8. The Hall–Kier alpha value is -1.38. The van der Waals surface area contributed by atoms with Crippen molar-refractivity contribution in [3.05, 3.63) is 35.6 Å². The topological polar surface area (TPSA) is 29.1 Å². The minimum absolute atomic E-state index is 0.0671. The van der Waals surface area contributed by atoms with Crippen molar-refractivity contribution in [3.8, 4) is 0 Å². The molecule has 0 aliphatic heterocycles. The average Bonchev–Trinajstić information content (AvgIpc) is 2.91. The average molecular weight is 233 g/mol.